The van der Waals surface area contributed by atoms with Crippen molar-refractivity contribution >= 4 is 5.91 Å². The maximum Gasteiger partial charge on any atom is 0.271 e. The number of carbonyl (C=O) groups is 1. The summed E-state index contributed by atoms with van der Waals surface area (Å²) in [5.74, 6) is 0.452. The number of hydrogen-bond acceptors (Lipinski definition) is 4. The van der Waals surface area contributed by atoms with Crippen LogP contribution in [0.4, 0.5) is 0 Å². The molecule has 2 aromatic heterocycles. The number of aromatic amines is 1. The van der Waals surface area contributed by atoms with E-state index >= 15 is 0 Å². The Labute approximate surface area is 111 Å². The van der Waals surface area contributed by atoms with Crippen molar-refractivity contribution in [2.24, 2.45) is 0 Å². The molecule has 2 rings (SSSR count). The fourth-order valence-corrected chi connectivity index (χ4v) is 1.61. The maximum absolute atomic E-state index is 11.8. The van der Waals surface area contributed by atoms with Crippen molar-refractivity contribution in [2.75, 3.05) is 19.8 Å². The van der Waals surface area contributed by atoms with Gasteiger partial charge in [-0.15, -0.1) is 0 Å². The van der Waals surface area contributed by atoms with Gasteiger partial charge in [0.05, 0.1) is 6.26 Å². The second kappa shape index (κ2) is 6.75. The van der Waals surface area contributed by atoms with Gasteiger partial charge in [-0.3, -0.25) is 9.89 Å². The van der Waals surface area contributed by atoms with Gasteiger partial charge < -0.3 is 14.5 Å². The van der Waals surface area contributed by atoms with Crippen molar-refractivity contribution in [2.45, 2.75) is 13.3 Å². The van der Waals surface area contributed by atoms with E-state index in [-0.39, 0.29) is 5.91 Å². The van der Waals surface area contributed by atoms with Crippen LogP contribution < -0.4 is 5.32 Å². The van der Waals surface area contributed by atoms with Gasteiger partial charge in [-0.25, -0.2) is 0 Å². The van der Waals surface area contributed by atoms with Crippen LogP contribution in [0.15, 0.2) is 28.9 Å². The minimum atomic E-state index is -0.203. The Morgan fingerprint density at radius 3 is 3.21 bits per heavy atom. The Morgan fingerprint density at radius 1 is 1.58 bits per heavy atom. The van der Waals surface area contributed by atoms with Crippen molar-refractivity contribution in [3.8, 4) is 11.5 Å². The van der Waals surface area contributed by atoms with Gasteiger partial charge in [-0.1, -0.05) is 0 Å². The highest BCUT2D eigenvalue weighted by Gasteiger charge is 2.11. The zero-order valence-corrected chi connectivity index (χ0v) is 10.8. The van der Waals surface area contributed by atoms with E-state index < -0.39 is 0 Å². The topological polar surface area (TPSA) is 80.1 Å². The Morgan fingerprint density at radius 2 is 2.47 bits per heavy atom. The van der Waals surface area contributed by atoms with E-state index in [2.05, 4.69) is 15.5 Å². The molecule has 0 aliphatic heterocycles. The molecule has 0 atom stereocenters. The number of ether oxygens (including phenoxy) is 1. The molecule has 1 amide bonds. The van der Waals surface area contributed by atoms with Gasteiger partial charge >= 0.3 is 0 Å². The number of aromatic nitrogens is 2. The van der Waals surface area contributed by atoms with Crippen LogP contribution in [-0.2, 0) is 4.74 Å². The number of hydrogen-bond donors (Lipinski definition) is 2. The number of carbonyl (C=O) groups excluding carboxylic acids is 1. The summed E-state index contributed by atoms with van der Waals surface area (Å²) in [5, 5.41) is 9.51. The van der Waals surface area contributed by atoms with E-state index in [0.29, 0.717) is 36.9 Å². The van der Waals surface area contributed by atoms with Crippen molar-refractivity contribution in [3.63, 3.8) is 0 Å². The van der Waals surface area contributed by atoms with E-state index in [1.165, 1.54) is 0 Å². The molecule has 0 saturated carbocycles. The number of nitrogens with one attached hydrogen (secondary N) is 2. The molecule has 0 spiro atoms. The molecule has 0 unspecified atom stereocenters. The summed E-state index contributed by atoms with van der Waals surface area (Å²) in [6.07, 6.45) is 2.36. The molecular weight excluding hydrogens is 246 g/mol. The van der Waals surface area contributed by atoms with Gasteiger partial charge in [-0.2, -0.15) is 5.10 Å². The van der Waals surface area contributed by atoms with Gasteiger partial charge in [0.25, 0.3) is 5.91 Å². The summed E-state index contributed by atoms with van der Waals surface area (Å²) in [6, 6.07) is 5.25. The van der Waals surface area contributed by atoms with Crippen LogP contribution in [0.2, 0.25) is 0 Å². The van der Waals surface area contributed by atoms with E-state index in [4.69, 9.17) is 9.15 Å². The Hall–Kier alpha value is -2.08. The highest BCUT2D eigenvalue weighted by molar-refractivity contribution is 5.93. The molecule has 6 heteroatoms. The zero-order chi connectivity index (χ0) is 13.5. The summed E-state index contributed by atoms with van der Waals surface area (Å²) >= 11 is 0. The number of furan rings is 1. The summed E-state index contributed by atoms with van der Waals surface area (Å²) in [7, 11) is 0. The van der Waals surface area contributed by atoms with Crippen molar-refractivity contribution in [1.82, 2.24) is 15.5 Å². The van der Waals surface area contributed by atoms with Gasteiger partial charge in [0.1, 0.15) is 5.69 Å². The van der Waals surface area contributed by atoms with Gasteiger partial charge in [0.15, 0.2) is 11.5 Å². The number of amides is 1. The quantitative estimate of drug-likeness (QED) is 0.747. The van der Waals surface area contributed by atoms with Crippen molar-refractivity contribution in [3.05, 3.63) is 30.2 Å². The third kappa shape index (κ3) is 3.69. The second-order valence-corrected chi connectivity index (χ2v) is 3.95. The first kappa shape index (κ1) is 13.4. The molecule has 102 valence electrons. The van der Waals surface area contributed by atoms with Crippen LogP contribution in [0, 0.1) is 0 Å². The standard InChI is InChI=1S/C13H17N3O3/c1-2-18-7-4-6-14-13(17)11-9-10(15-16-11)12-5-3-8-19-12/h3,5,8-9H,2,4,6-7H2,1H3,(H,14,17)(H,15,16). The van der Waals surface area contributed by atoms with Gasteiger partial charge in [0.2, 0.25) is 0 Å². The van der Waals surface area contributed by atoms with Gasteiger partial charge in [0, 0.05) is 25.8 Å². The van der Waals surface area contributed by atoms with Crippen molar-refractivity contribution in [1.29, 1.82) is 0 Å². The molecule has 0 bridgehead atoms. The molecule has 0 saturated heterocycles. The Balaban J connectivity index is 1.83. The van der Waals surface area contributed by atoms with E-state index in [0.717, 1.165) is 6.42 Å². The fourth-order valence-electron chi connectivity index (χ4n) is 1.61. The minimum absolute atomic E-state index is 0.203. The van der Waals surface area contributed by atoms with E-state index in [1.807, 2.05) is 6.92 Å². The maximum atomic E-state index is 11.8. The van der Waals surface area contributed by atoms with Crippen LogP contribution in [0.3, 0.4) is 0 Å². The van der Waals surface area contributed by atoms with E-state index in [1.54, 1.807) is 24.5 Å². The summed E-state index contributed by atoms with van der Waals surface area (Å²) in [4.78, 5) is 11.8. The SMILES string of the molecule is CCOCCCNC(=O)c1cc(-c2ccco2)[nH]n1. The second-order valence-electron chi connectivity index (χ2n) is 3.95. The van der Waals surface area contributed by atoms with Crippen LogP contribution >= 0.6 is 0 Å². The van der Waals surface area contributed by atoms with Crippen molar-refractivity contribution < 1.29 is 13.9 Å². The molecule has 2 heterocycles. The Kier molecular flexibility index (Phi) is 4.74. The molecular formula is C13H17N3O3. The van der Waals surface area contributed by atoms with Crippen LogP contribution in [0.5, 0.6) is 0 Å². The lowest BCUT2D eigenvalue weighted by atomic mass is 10.3. The predicted octanol–water partition coefficient (Wildman–Crippen LogP) is 1.83. The van der Waals surface area contributed by atoms with Crippen LogP contribution in [0.25, 0.3) is 11.5 Å². The smallest absolute Gasteiger partial charge is 0.271 e. The lowest BCUT2D eigenvalue weighted by Gasteiger charge is -2.02. The Bertz CT molecular complexity index is 505. The summed E-state index contributed by atoms with van der Waals surface area (Å²) in [6.45, 7) is 3.86. The first-order valence-electron chi connectivity index (χ1n) is 6.26. The molecule has 0 fully saturated rings. The highest BCUT2D eigenvalue weighted by atomic mass is 16.5. The fraction of sp³-hybridized carbons (Fsp3) is 0.385. The average molecular weight is 263 g/mol. The predicted molar refractivity (Wildman–Crippen MR) is 69.7 cm³/mol. The zero-order valence-electron chi connectivity index (χ0n) is 10.8. The molecule has 19 heavy (non-hydrogen) atoms. The summed E-state index contributed by atoms with van der Waals surface area (Å²) in [5.41, 5.74) is 1.03. The van der Waals surface area contributed by atoms with Crippen LogP contribution in [-0.4, -0.2) is 35.9 Å². The molecule has 0 radical (unpaired) electrons. The summed E-state index contributed by atoms with van der Waals surface area (Å²) < 4.78 is 10.4. The van der Waals surface area contributed by atoms with Gasteiger partial charge in [-0.05, 0) is 25.5 Å². The first-order valence-corrected chi connectivity index (χ1v) is 6.26. The molecule has 0 aliphatic rings. The number of H-pyrrole nitrogens is 1. The molecule has 0 aromatic carbocycles. The molecule has 2 aromatic rings. The highest BCUT2D eigenvalue weighted by Crippen LogP contribution is 2.17. The third-order valence-corrected chi connectivity index (χ3v) is 2.55. The monoisotopic (exact) mass is 263 g/mol. The normalized spacial score (nSPS) is 10.6. The average Bonchev–Trinajstić information content (AvgIpc) is 3.08. The molecule has 2 N–H and O–H groups in total. The largest absolute Gasteiger partial charge is 0.463 e. The number of rotatable bonds is 7. The third-order valence-electron chi connectivity index (χ3n) is 2.55. The lowest BCUT2D eigenvalue weighted by Crippen LogP contribution is -2.25. The minimum Gasteiger partial charge on any atom is -0.463 e. The molecule has 6 nitrogen and oxygen atoms in total. The number of nitrogens with zero attached hydrogens (tertiary/aromatic N) is 1. The lowest BCUT2D eigenvalue weighted by molar-refractivity contribution is 0.0939. The molecule has 0 aliphatic carbocycles. The van der Waals surface area contributed by atoms with Crippen LogP contribution in [0.1, 0.15) is 23.8 Å². The first-order chi connectivity index (χ1) is 9.31. The van der Waals surface area contributed by atoms with E-state index in [9.17, 15) is 4.79 Å².